The Morgan fingerprint density at radius 1 is 0.920 bits per heavy atom. The number of nitrogens with zero attached hydrogens (tertiary/aromatic N) is 4. The van der Waals surface area contributed by atoms with Crippen molar-refractivity contribution < 1.29 is 0 Å². The number of hydrogen-bond donors (Lipinski definition) is 0. The van der Waals surface area contributed by atoms with E-state index in [2.05, 4.69) is 5.10 Å². The molecule has 0 saturated carbocycles. The molecule has 126 valence electrons. The van der Waals surface area contributed by atoms with Gasteiger partial charge in [0.05, 0.1) is 6.54 Å². The number of anilines is 2. The molecule has 0 bridgehead atoms. The van der Waals surface area contributed by atoms with Crippen LogP contribution in [-0.4, -0.2) is 20.9 Å². The highest BCUT2D eigenvalue weighted by Gasteiger charge is 2.25. The number of hydrogen-bond acceptors (Lipinski definition) is 4. The van der Waals surface area contributed by atoms with Crippen LogP contribution in [0.15, 0.2) is 64.2 Å². The molecule has 0 fully saturated rings. The smallest absolute Gasteiger partial charge is 0.309 e. The summed E-state index contributed by atoms with van der Waals surface area (Å²) < 4.78 is 2.66. The molecule has 0 unspecified atom stereocenters. The van der Waals surface area contributed by atoms with E-state index in [1.165, 1.54) is 9.25 Å². The molecule has 4 rings (SSSR count). The number of halogens is 1. The predicted octanol–water partition coefficient (Wildman–Crippen LogP) is 2.26. The van der Waals surface area contributed by atoms with E-state index in [9.17, 15) is 9.59 Å². The first-order valence-electron chi connectivity index (χ1n) is 7.92. The van der Waals surface area contributed by atoms with E-state index in [1.54, 1.807) is 12.1 Å². The molecule has 0 radical (unpaired) electrons. The predicted molar refractivity (Wildman–Crippen MR) is 96.8 cm³/mol. The number of fused-ring (bicyclic) bond motifs is 1. The number of benzene rings is 2. The van der Waals surface area contributed by atoms with E-state index in [0.29, 0.717) is 24.1 Å². The van der Waals surface area contributed by atoms with E-state index < -0.39 is 11.1 Å². The third-order valence-corrected chi connectivity index (χ3v) is 4.47. The Balaban J connectivity index is 1.78. The van der Waals surface area contributed by atoms with Crippen molar-refractivity contribution in [2.24, 2.45) is 0 Å². The van der Waals surface area contributed by atoms with Crippen LogP contribution in [0, 0.1) is 0 Å². The number of para-hydroxylation sites is 1. The lowest BCUT2D eigenvalue weighted by molar-refractivity contribution is 0.591. The van der Waals surface area contributed by atoms with Gasteiger partial charge >= 0.3 is 11.1 Å². The van der Waals surface area contributed by atoms with Crippen molar-refractivity contribution in [1.29, 1.82) is 0 Å². The van der Waals surface area contributed by atoms with Crippen LogP contribution in [0.3, 0.4) is 0 Å². The Kier molecular flexibility index (Phi) is 3.89. The molecular formula is C18H15ClN4O2. The molecule has 0 amide bonds. The molecule has 1 aromatic heterocycles. The van der Waals surface area contributed by atoms with Gasteiger partial charge in [0.1, 0.15) is 0 Å². The average Bonchev–Trinajstić information content (AvgIpc) is 3.06. The van der Waals surface area contributed by atoms with Crippen LogP contribution in [0.4, 0.5) is 11.6 Å². The van der Waals surface area contributed by atoms with Gasteiger partial charge in [0, 0.05) is 23.8 Å². The highest BCUT2D eigenvalue weighted by molar-refractivity contribution is 6.30. The van der Waals surface area contributed by atoms with Crippen LogP contribution in [-0.2, 0) is 13.1 Å². The lowest BCUT2D eigenvalue weighted by Crippen LogP contribution is -2.42. The summed E-state index contributed by atoms with van der Waals surface area (Å²) in [5.74, 6) is 0.491. The zero-order valence-electron chi connectivity index (χ0n) is 13.3. The first-order valence-corrected chi connectivity index (χ1v) is 8.30. The highest BCUT2D eigenvalue weighted by Crippen LogP contribution is 2.25. The van der Waals surface area contributed by atoms with Crippen molar-refractivity contribution in [2.75, 3.05) is 11.4 Å². The molecule has 0 saturated heterocycles. The van der Waals surface area contributed by atoms with Crippen LogP contribution in [0.1, 0.15) is 5.56 Å². The van der Waals surface area contributed by atoms with Gasteiger partial charge in [0.15, 0.2) is 0 Å². The summed E-state index contributed by atoms with van der Waals surface area (Å²) in [6.45, 7) is 1.28. The first kappa shape index (κ1) is 15.7. The summed E-state index contributed by atoms with van der Waals surface area (Å²) in [4.78, 5) is 26.8. The Morgan fingerprint density at radius 3 is 2.36 bits per heavy atom. The zero-order valence-corrected chi connectivity index (χ0v) is 14.1. The molecule has 0 spiro atoms. The molecule has 7 heteroatoms. The molecule has 3 aromatic rings. The SMILES string of the molecule is O=c1c(=O)n2c(nn1Cc1ccc(Cl)cc1)N(c1ccccc1)CC2. The maximum atomic E-state index is 12.4. The fourth-order valence-corrected chi connectivity index (χ4v) is 3.07. The second-order valence-corrected chi connectivity index (χ2v) is 6.27. The Bertz CT molecular complexity index is 1030. The van der Waals surface area contributed by atoms with E-state index in [-0.39, 0.29) is 6.54 Å². The minimum Gasteiger partial charge on any atom is -0.309 e. The first-order chi connectivity index (χ1) is 12.1. The van der Waals surface area contributed by atoms with Crippen molar-refractivity contribution >= 4 is 23.2 Å². The van der Waals surface area contributed by atoms with E-state index in [1.807, 2.05) is 47.4 Å². The number of rotatable bonds is 3. The van der Waals surface area contributed by atoms with Crippen LogP contribution in [0.2, 0.25) is 5.02 Å². The standard InChI is InChI=1S/C18H15ClN4O2/c19-14-8-6-13(7-9-14)12-23-17(25)16(24)22-11-10-21(18(22)20-23)15-4-2-1-3-5-15/h1-9H,10-12H2. The van der Waals surface area contributed by atoms with Gasteiger partial charge in [0.25, 0.3) is 0 Å². The van der Waals surface area contributed by atoms with Gasteiger partial charge in [0.2, 0.25) is 5.95 Å². The van der Waals surface area contributed by atoms with E-state index >= 15 is 0 Å². The normalized spacial score (nSPS) is 13.1. The Hall–Kier alpha value is -2.86. The fraction of sp³-hybridized carbons (Fsp3) is 0.167. The molecule has 2 aromatic carbocycles. The summed E-state index contributed by atoms with van der Waals surface area (Å²) in [5.41, 5.74) is 0.635. The Labute approximate surface area is 148 Å². The topological polar surface area (TPSA) is 60.1 Å². The summed E-state index contributed by atoms with van der Waals surface area (Å²) in [6.07, 6.45) is 0. The molecule has 2 heterocycles. The van der Waals surface area contributed by atoms with Gasteiger partial charge in [-0.15, -0.1) is 5.10 Å². The van der Waals surface area contributed by atoms with Gasteiger partial charge in [-0.2, -0.15) is 0 Å². The minimum atomic E-state index is -0.617. The van der Waals surface area contributed by atoms with Gasteiger partial charge in [-0.1, -0.05) is 41.9 Å². The van der Waals surface area contributed by atoms with Crippen molar-refractivity contribution in [2.45, 2.75) is 13.1 Å². The van der Waals surface area contributed by atoms with Gasteiger partial charge in [-0.3, -0.25) is 14.2 Å². The molecule has 0 aliphatic carbocycles. The van der Waals surface area contributed by atoms with E-state index in [0.717, 1.165) is 11.3 Å². The van der Waals surface area contributed by atoms with Gasteiger partial charge < -0.3 is 4.90 Å². The summed E-state index contributed by atoms with van der Waals surface area (Å²) >= 11 is 5.89. The lowest BCUT2D eigenvalue weighted by Gasteiger charge is -2.17. The van der Waals surface area contributed by atoms with Crippen LogP contribution >= 0.6 is 11.6 Å². The molecule has 0 N–H and O–H groups in total. The number of aromatic nitrogens is 3. The second kappa shape index (κ2) is 6.22. The molecular weight excluding hydrogens is 340 g/mol. The third kappa shape index (κ3) is 2.85. The van der Waals surface area contributed by atoms with Crippen LogP contribution < -0.4 is 16.0 Å². The van der Waals surface area contributed by atoms with Gasteiger partial charge in [-0.05, 0) is 29.8 Å². The summed E-state index contributed by atoms with van der Waals surface area (Å²) in [7, 11) is 0. The van der Waals surface area contributed by atoms with Crippen LogP contribution in [0.5, 0.6) is 0 Å². The monoisotopic (exact) mass is 354 g/mol. The summed E-state index contributed by atoms with van der Waals surface area (Å²) in [5, 5.41) is 5.07. The van der Waals surface area contributed by atoms with Gasteiger partial charge in [-0.25, -0.2) is 4.68 Å². The Morgan fingerprint density at radius 2 is 1.64 bits per heavy atom. The largest absolute Gasteiger partial charge is 0.333 e. The third-order valence-electron chi connectivity index (χ3n) is 4.22. The van der Waals surface area contributed by atoms with E-state index in [4.69, 9.17) is 11.6 Å². The molecule has 0 atom stereocenters. The quantitative estimate of drug-likeness (QED) is 0.677. The highest BCUT2D eigenvalue weighted by atomic mass is 35.5. The lowest BCUT2D eigenvalue weighted by atomic mass is 10.2. The average molecular weight is 355 g/mol. The molecule has 1 aliphatic rings. The zero-order chi connectivity index (χ0) is 17.4. The van der Waals surface area contributed by atoms with Crippen LogP contribution in [0.25, 0.3) is 0 Å². The maximum Gasteiger partial charge on any atom is 0.333 e. The summed E-state index contributed by atoms with van der Waals surface area (Å²) in [6, 6.07) is 16.8. The van der Waals surface area contributed by atoms with Crippen molar-refractivity contribution in [3.63, 3.8) is 0 Å². The fourth-order valence-electron chi connectivity index (χ4n) is 2.95. The molecule has 6 nitrogen and oxygen atoms in total. The van der Waals surface area contributed by atoms with Crippen molar-refractivity contribution in [3.05, 3.63) is 85.9 Å². The van der Waals surface area contributed by atoms with Crippen molar-refractivity contribution in [3.8, 4) is 0 Å². The van der Waals surface area contributed by atoms with Crippen molar-refractivity contribution in [1.82, 2.24) is 14.3 Å². The maximum absolute atomic E-state index is 12.4. The minimum absolute atomic E-state index is 0.224. The molecule has 1 aliphatic heterocycles. The second-order valence-electron chi connectivity index (χ2n) is 5.83. The molecule has 25 heavy (non-hydrogen) atoms.